The second-order valence-electron chi connectivity index (χ2n) is 3.67. The van der Waals surface area contributed by atoms with Crippen molar-refractivity contribution in [3.8, 4) is 0 Å². The Morgan fingerprint density at radius 3 is 2.61 bits per heavy atom. The molecular weight excluding hydrogens is 237 g/mol. The number of amides is 2. The van der Waals surface area contributed by atoms with Crippen LogP contribution in [0.15, 0.2) is 24.3 Å². The van der Waals surface area contributed by atoms with E-state index >= 15 is 0 Å². The molecule has 0 fully saturated rings. The summed E-state index contributed by atoms with van der Waals surface area (Å²) in [6.45, 7) is 0.801. The van der Waals surface area contributed by atoms with Crippen molar-refractivity contribution in [1.82, 2.24) is 10.6 Å². The number of hydrogen-bond donors (Lipinski definition) is 3. The van der Waals surface area contributed by atoms with E-state index in [0.29, 0.717) is 19.5 Å². The van der Waals surface area contributed by atoms with Gasteiger partial charge in [-0.2, -0.15) is 0 Å². The number of carbonyl (C=O) groups is 2. The molecule has 0 aliphatic rings. The minimum absolute atomic E-state index is 0.0460. The average molecular weight is 253 g/mol. The first-order chi connectivity index (χ1) is 8.63. The van der Waals surface area contributed by atoms with Crippen LogP contribution in [0.2, 0.25) is 0 Å². The van der Waals surface area contributed by atoms with Crippen LogP contribution in [0.25, 0.3) is 0 Å². The van der Waals surface area contributed by atoms with Crippen LogP contribution >= 0.6 is 0 Å². The van der Waals surface area contributed by atoms with Crippen molar-refractivity contribution in [2.75, 3.05) is 19.6 Å². The maximum absolute atomic E-state index is 12.9. The number of halogens is 1. The molecule has 1 aromatic rings. The van der Waals surface area contributed by atoms with Crippen molar-refractivity contribution in [2.24, 2.45) is 5.73 Å². The Hall–Kier alpha value is -1.95. The molecule has 0 heterocycles. The van der Waals surface area contributed by atoms with E-state index in [0.717, 1.165) is 0 Å². The first-order valence-corrected chi connectivity index (χ1v) is 5.64. The van der Waals surface area contributed by atoms with Gasteiger partial charge in [0.2, 0.25) is 5.91 Å². The Labute approximate surface area is 105 Å². The van der Waals surface area contributed by atoms with Crippen molar-refractivity contribution < 1.29 is 14.0 Å². The summed E-state index contributed by atoms with van der Waals surface area (Å²) in [5.74, 6) is -1.01. The molecule has 0 aliphatic heterocycles. The predicted octanol–water partition coefficient (Wildman–Crippen LogP) is 0.0205. The zero-order valence-electron chi connectivity index (χ0n) is 9.91. The van der Waals surface area contributed by atoms with Crippen molar-refractivity contribution >= 4 is 11.8 Å². The lowest BCUT2D eigenvalue weighted by Gasteiger charge is -2.06. The molecule has 0 radical (unpaired) electrons. The molecule has 0 saturated carbocycles. The van der Waals surface area contributed by atoms with Gasteiger partial charge in [0.15, 0.2) is 0 Å². The highest BCUT2D eigenvalue weighted by Gasteiger charge is 2.05. The number of hydrogen-bond acceptors (Lipinski definition) is 3. The number of rotatable bonds is 6. The van der Waals surface area contributed by atoms with Gasteiger partial charge < -0.3 is 16.4 Å². The van der Waals surface area contributed by atoms with Gasteiger partial charge >= 0.3 is 0 Å². The molecule has 0 aliphatic carbocycles. The van der Waals surface area contributed by atoms with E-state index in [1.807, 2.05) is 0 Å². The standard InChI is InChI=1S/C12H16FN3O2/c13-10-4-1-3-9(7-10)12(18)16-6-2-5-15-11(17)8-14/h1,3-4,7H,2,5-6,8,14H2,(H,15,17)(H,16,18). The molecule has 1 rings (SSSR count). The maximum Gasteiger partial charge on any atom is 0.251 e. The van der Waals surface area contributed by atoms with Crippen LogP contribution in [0, 0.1) is 5.82 Å². The van der Waals surface area contributed by atoms with Crippen LogP contribution in [0.4, 0.5) is 4.39 Å². The topological polar surface area (TPSA) is 84.2 Å². The molecule has 0 atom stereocenters. The minimum atomic E-state index is -0.446. The Balaban J connectivity index is 2.23. The van der Waals surface area contributed by atoms with E-state index in [4.69, 9.17) is 5.73 Å². The number of nitrogens with two attached hydrogens (primary N) is 1. The summed E-state index contributed by atoms with van der Waals surface area (Å²) < 4.78 is 12.9. The molecule has 18 heavy (non-hydrogen) atoms. The molecule has 98 valence electrons. The van der Waals surface area contributed by atoms with Crippen LogP contribution in [0.5, 0.6) is 0 Å². The fraction of sp³-hybridized carbons (Fsp3) is 0.333. The second kappa shape index (κ2) is 7.39. The van der Waals surface area contributed by atoms with Gasteiger partial charge in [0, 0.05) is 18.7 Å². The summed E-state index contributed by atoms with van der Waals surface area (Å²) in [4.78, 5) is 22.4. The summed E-state index contributed by atoms with van der Waals surface area (Å²) >= 11 is 0. The summed E-state index contributed by atoms with van der Waals surface area (Å²) in [6.07, 6.45) is 0.590. The lowest BCUT2D eigenvalue weighted by molar-refractivity contribution is -0.119. The van der Waals surface area contributed by atoms with Crippen molar-refractivity contribution in [2.45, 2.75) is 6.42 Å². The second-order valence-corrected chi connectivity index (χ2v) is 3.67. The lowest BCUT2D eigenvalue weighted by Crippen LogP contribution is -2.33. The third-order valence-electron chi connectivity index (χ3n) is 2.23. The predicted molar refractivity (Wildman–Crippen MR) is 65.4 cm³/mol. The Bertz CT molecular complexity index is 424. The van der Waals surface area contributed by atoms with E-state index in [1.54, 1.807) is 0 Å². The lowest BCUT2D eigenvalue weighted by atomic mass is 10.2. The van der Waals surface area contributed by atoms with Crippen LogP contribution in [-0.2, 0) is 4.79 Å². The van der Waals surface area contributed by atoms with E-state index in [2.05, 4.69) is 10.6 Å². The van der Waals surface area contributed by atoms with Crippen LogP contribution in [-0.4, -0.2) is 31.4 Å². The Kier molecular flexibility index (Phi) is 5.79. The Morgan fingerprint density at radius 2 is 1.94 bits per heavy atom. The molecule has 4 N–H and O–H groups in total. The van der Waals surface area contributed by atoms with Gasteiger partial charge in [-0.15, -0.1) is 0 Å². The van der Waals surface area contributed by atoms with Gasteiger partial charge in [0.1, 0.15) is 5.82 Å². The molecule has 2 amide bonds. The molecule has 6 heteroatoms. The molecule has 5 nitrogen and oxygen atoms in total. The van der Waals surface area contributed by atoms with Gasteiger partial charge in [0.05, 0.1) is 6.54 Å². The maximum atomic E-state index is 12.9. The fourth-order valence-electron chi connectivity index (χ4n) is 1.32. The average Bonchev–Trinajstić information content (AvgIpc) is 2.37. The molecular formula is C12H16FN3O2. The highest BCUT2D eigenvalue weighted by atomic mass is 19.1. The third-order valence-corrected chi connectivity index (χ3v) is 2.23. The zero-order valence-corrected chi connectivity index (χ0v) is 9.91. The molecule has 0 bridgehead atoms. The third kappa shape index (κ3) is 4.92. The largest absolute Gasteiger partial charge is 0.355 e. The Morgan fingerprint density at radius 1 is 1.22 bits per heavy atom. The van der Waals surface area contributed by atoms with Crippen LogP contribution < -0.4 is 16.4 Å². The molecule has 0 aromatic heterocycles. The van der Waals surface area contributed by atoms with Gasteiger partial charge in [-0.1, -0.05) is 6.07 Å². The van der Waals surface area contributed by atoms with Gasteiger partial charge in [-0.3, -0.25) is 9.59 Å². The normalized spacial score (nSPS) is 9.89. The number of carbonyl (C=O) groups excluding carboxylic acids is 2. The number of benzene rings is 1. The van der Waals surface area contributed by atoms with Crippen molar-refractivity contribution in [3.05, 3.63) is 35.6 Å². The quantitative estimate of drug-likeness (QED) is 0.625. The van der Waals surface area contributed by atoms with E-state index in [9.17, 15) is 14.0 Å². The molecule has 1 aromatic carbocycles. The van der Waals surface area contributed by atoms with E-state index in [1.165, 1.54) is 24.3 Å². The monoisotopic (exact) mass is 253 g/mol. The summed E-state index contributed by atoms with van der Waals surface area (Å²) in [7, 11) is 0. The summed E-state index contributed by atoms with van der Waals surface area (Å²) in [5.41, 5.74) is 5.39. The first-order valence-electron chi connectivity index (χ1n) is 5.64. The van der Waals surface area contributed by atoms with Crippen molar-refractivity contribution in [1.29, 1.82) is 0 Å². The molecule has 0 unspecified atom stereocenters. The van der Waals surface area contributed by atoms with Gasteiger partial charge in [-0.25, -0.2) is 4.39 Å². The summed E-state index contributed by atoms with van der Waals surface area (Å²) in [5, 5.41) is 5.21. The van der Waals surface area contributed by atoms with Gasteiger partial charge in [0.25, 0.3) is 5.91 Å². The zero-order chi connectivity index (χ0) is 13.4. The summed E-state index contributed by atoms with van der Waals surface area (Å²) in [6, 6.07) is 5.46. The van der Waals surface area contributed by atoms with E-state index < -0.39 is 5.82 Å². The van der Waals surface area contributed by atoms with Gasteiger partial charge in [-0.05, 0) is 24.6 Å². The van der Waals surface area contributed by atoms with E-state index in [-0.39, 0.29) is 23.9 Å². The molecule has 0 saturated heterocycles. The number of nitrogens with one attached hydrogen (secondary N) is 2. The highest BCUT2D eigenvalue weighted by molar-refractivity contribution is 5.94. The highest BCUT2D eigenvalue weighted by Crippen LogP contribution is 2.02. The smallest absolute Gasteiger partial charge is 0.251 e. The minimum Gasteiger partial charge on any atom is -0.355 e. The fourth-order valence-corrected chi connectivity index (χ4v) is 1.32. The van der Waals surface area contributed by atoms with Crippen LogP contribution in [0.3, 0.4) is 0 Å². The molecule has 0 spiro atoms. The SMILES string of the molecule is NCC(=O)NCCCNC(=O)c1cccc(F)c1. The van der Waals surface area contributed by atoms with Crippen LogP contribution in [0.1, 0.15) is 16.8 Å². The van der Waals surface area contributed by atoms with Crippen molar-refractivity contribution in [3.63, 3.8) is 0 Å². The first kappa shape index (κ1) is 14.1.